The highest BCUT2D eigenvalue weighted by atomic mass is 19.1. The number of piperidine rings is 1. The normalized spacial score (nSPS) is 13.9. The molecule has 1 N–H and O–H groups in total. The lowest BCUT2D eigenvalue weighted by Crippen LogP contribution is -2.36. The molecular weight excluding hydrogens is 383 g/mol. The van der Waals surface area contributed by atoms with Gasteiger partial charge in [0.05, 0.1) is 34.4 Å². The van der Waals surface area contributed by atoms with E-state index in [4.69, 9.17) is 0 Å². The van der Waals surface area contributed by atoms with Crippen LogP contribution in [0, 0.1) is 12.7 Å². The molecule has 0 unspecified atom stereocenters. The van der Waals surface area contributed by atoms with Gasteiger partial charge in [-0.1, -0.05) is 12.1 Å². The van der Waals surface area contributed by atoms with Gasteiger partial charge >= 0.3 is 0 Å². The summed E-state index contributed by atoms with van der Waals surface area (Å²) in [7, 11) is 0. The Labute approximate surface area is 174 Å². The maximum atomic E-state index is 13.2. The van der Waals surface area contributed by atoms with E-state index in [0.29, 0.717) is 28.2 Å². The topological polar surface area (TPSA) is 67.2 Å². The molecule has 154 valence electrons. The molecule has 0 atom stereocenters. The van der Waals surface area contributed by atoms with Crippen LogP contribution in [0.3, 0.4) is 0 Å². The predicted molar refractivity (Wildman–Crippen MR) is 112 cm³/mol. The second-order valence-corrected chi connectivity index (χ2v) is 7.38. The van der Waals surface area contributed by atoms with Crippen LogP contribution in [0.2, 0.25) is 0 Å². The van der Waals surface area contributed by atoms with Crippen molar-refractivity contribution in [3.05, 3.63) is 77.4 Å². The second kappa shape index (κ2) is 8.49. The molecule has 0 radical (unpaired) electrons. The maximum absolute atomic E-state index is 13.2. The van der Waals surface area contributed by atoms with Crippen LogP contribution in [-0.2, 0) is 0 Å². The summed E-state index contributed by atoms with van der Waals surface area (Å²) in [6.45, 7) is 3.26. The zero-order chi connectivity index (χ0) is 21.1. The van der Waals surface area contributed by atoms with Crippen LogP contribution in [0.4, 0.5) is 10.1 Å². The average Bonchev–Trinajstić information content (AvgIpc) is 3.16. The Morgan fingerprint density at radius 3 is 2.40 bits per heavy atom. The molecule has 1 aliphatic heterocycles. The summed E-state index contributed by atoms with van der Waals surface area (Å²) in [5.41, 5.74) is 2.63. The molecule has 1 fully saturated rings. The van der Waals surface area contributed by atoms with Gasteiger partial charge < -0.3 is 10.2 Å². The summed E-state index contributed by atoms with van der Waals surface area (Å²) in [4.78, 5) is 27.7. The number of halogens is 1. The Morgan fingerprint density at radius 2 is 1.67 bits per heavy atom. The van der Waals surface area contributed by atoms with Gasteiger partial charge in [-0.3, -0.25) is 9.59 Å². The number of hydrogen-bond donors (Lipinski definition) is 1. The third-order valence-electron chi connectivity index (χ3n) is 5.37. The Kier molecular flexibility index (Phi) is 5.61. The molecule has 2 aromatic carbocycles. The highest BCUT2D eigenvalue weighted by Crippen LogP contribution is 2.22. The first kappa shape index (κ1) is 19.8. The summed E-state index contributed by atoms with van der Waals surface area (Å²) in [6.07, 6.45) is 4.62. The number of hydrogen-bond acceptors (Lipinski definition) is 3. The van der Waals surface area contributed by atoms with Crippen molar-refractivity contribution in [1.82, 2.24) is 14.7 Å². The molecule has 6 nitrogen and oxygen atoms in total. The van der Waals surface area contributed by atoms with Gasteiger partial charge in [-0.25, -0.2) is 9.07 Å². The quantitative estimate of drug-likeness (QED) is 0.706. The number of para-hydroxylation sites is 1. The number of carbonyl (C=O) groups excluding carboxylic acids is 2. The lowest BCUT2D eigenvalue weighted by Gasteiger charge is -2.27. The number of benzene rings is 2. The predicted octanol–water partition coefficient (Wildman–Crippen LogP) is 4.20. The van der Waals surface area contributed by atoms with Crippen LogP contribution in [-0.4, -0.2) is 39.6 Å². The van der Waals surface area contributed by atoms with E-state index in [1.165, 1.54) is 18.3 Å². The van der Waals surface area contributed by atoms with Crippen LogP contribution in [0.25, 0.3) is 5.69 Å². The van der Waals surface area contributed by atoms with E-state index in [9.17, 15) is 14.0 Å². The van der Waals surface area contributed by atoms with Crippen molar-refractivity contribution in [2.24, 2.45) is 0 Å². The van der Waals surface area contributed by atoms with Crippen LogP contribution in [0.1, 0.15) is 45.7 Å². The number of rotatable bonds is 4. The van der Waals surface area contributed by atoms with Gasteiger partial charge in [-0.15, -0.1) is 0 Å². The smallest absolute Gasteiger partial charge is 0.259 e. The molecule has 2 amide bonds. The van der Waals surface area contributed by atoms with Gasteiger partial charge in [0.15, 0.2) is 0 Å². The molecule has 0 bridgehead atoms. The zero-order valence-corrected chi connectivity index (χ0v) is 16.8. The number of amides is 2. The number of aromatic nitrogens is 2. The van der Waals surface area contributed by atoms with Crippen molar-refractivity contribution in [3.8, 4) is 5.69 Å². The summed E-state index contributed by atoms with van der Waals surface area (Å²) in [5, 5.41) is 7.13. The minimum atomic E-state index is -0.347. The summed E-state index contributed by atoms with van der Waals surface area (Å²) in [5.74, 6) is -0.749. The molecule has 3 aromatic rings. The van der Waals surface area contributed by atoms with Crippen molar-refractivity contribution in [2.75, 3.05) is 18.4 Å². The maximum Gasteiger partial charge on any atom is 0.259 e. The minimum Gasteiger partial charge on any atom is -0.339 e. The molecule has 4 rings (SSSR count). The van der Waals surface area contributed by atoms with Gasteiger partial charge in [0, 0.05) is 13.1 Å². The highest BCUT2D eigenvalue weighted by molar-refractivity contribution is 6.09. The summed E-state index contributed by atoms with van der Waals surface area (Å²) < 4.78 is 14.8. The summed E-state index contributed by atoms with van der Waals surface area (Å²) in [6, 6.07) is 12.9. The molecule has 1 saturated heterocycles. The molecule has 7 heteroatoms. The van der Waals surface area contributed by atoms with Crippen molar-refractivity contribution in [2.45, 2.75) is 26.2 Å². The minimum absolute atomic E-state index is 0.0654. The van der Waals surface area contributed by atoms with Gasteiger partial charge in [0.2, 0.25) is 0 Å². The standard InChI is InChI=1S/C23H23FN4O2/c1-16-20(15-25-28(16)18-11-9-17(24)10-12-18)22(29)26-21-8-4-3-7-19(21)23(30)27-13-5-2-6-14-27/h3-4,7-12,15H,2,5-6,13-14H2,1H3,(H,26,29). The first-order valence-corrected chi connectivity index (χ1v) is 10.0. The molecule has 0 aliphatic carbocycles. The number of carbonyl (C=O) groups is 2. The van der Waals surface area contributed by atoms with Gasteiger partial charge in [-0.05, 0) is 62.6 Å². The van der Waals surface area contributed by atoms with Gasteiger partial charge in [0.1, 0.15) is 5.82 Å². The van der Waals surface area contributed by atoms with Gasteiger partial charge in [0.25, 0.3) is 11.8 Å². The largest absolute Gasteiger partial charge is 0.339 e. The number of likely N-dealkylation sites (tertiary alicyclic amines) is 1. The molecule has 30 heavy (non-hydrogen) atoms. The van der Waals surface area contributed by atoms with E-state index in [1.807, 2.05) is 4.90 Å². The first-order valence-electron chi connectivity index (χ1n) is 10.0. The molecule has 0 spiro atoms. The zero-order valence-electron chi connectivity index (χ0n) is 16.8. The van der Waals surface area contributed by atoms with Crippen LogP contribution >= 0.6 is 0 Å². The van der Waals surface area contributed by atoms with Crippen LogP contribution in [0.15, 0.2) is 54.7 Å². The van der Waals surface area contributed by atoms with E-state index in [2.05, 4.69) is 10.4 Å². The SMILES string of the molecule is Cc1c(C(=O)Nc2ccccc2C(=O)N2CCCCC2)cnn1-c1ccc(F)cc1. The Morgan fingerprint density at radius 1 is 0.967 bits per heavy atom. The second-order valence-electron chi connectivity index (χ2n) is 7.38. The van der Waals surface area contributed by atoms with E-state index < -0.39 is 0 Å². The fraction of sp³-hybridized carbons (Fsp3) is 0.261. The third-order valence-corrected chi connectivity index (χ3v) is 5.37. The molecule has 0 saturated carbocycles. The first-order chi connectivity index (χ1) is 14.5. The van der Waals surface area contributed by atoms with Crippen molar-refractivity contribution in [3.63, 3.8) is 0 Å². The van der Waals surface area contributed by atoms with E-state index in [1.54, 1.807) is 48.0 Å². The fourth-order valence-corrected chi connectivity index (χ4v) is 3.71. The van der Waals surface area contributed by atoms with Crippen molar-refractivity contribution >= 4 is 17.5 Å². The molecule has 1 aromatic heterocycles. The number of anilines is 1. The van der Waals surface area contributed by atoms with Crippen LogP contribution in [0.5, 0.6) is 0 Å². The highest BCUT2D eigenvalue weighted by Gasteiger charge is 2.22. The monoisotopic (exact) mass is 406 g/mol. The Bertz CT molecular complexity index is 1070. The lowest BCUT2D eigenvalue weighted by atomic mass is 10.1. The Hall–Kier alpha value is -3.48. The van der Waals surface area contributed by atoms with E-state index in [0.717, 1.165) is 32.4 Å². The van der Waals surface area contributed by atoms with E-state index in [-0.39, 0.29) is 17.6 Å². The van der Waals surface area contributed by atoms with E-state index >= 15 is 0 Å². The number of nitrogens with one attached hydrogen (secondary N) is 1. The molecule has 1 aliphatic rings. The van der Waals surface area contributed by atoms with Gasteiger partial charge in [-0.2, -0.15) is 5.10 Å². The van der Waals surface area contributed by atoms with Crippen molar-refractivity contribution in [1.29, 1.82) is 0 Å². The van der Waals surface area contributed by atoms with Crippen molar-refractivity contribution < 1.29 is 14.0 Å². The molecule has 2 heterocycles. The average molecular weight is 406 g/mol. The lowest BCUT2D eigenvalue weighted by molar-refractivity contribution is 0.0725. The fourth-order valence-electron chi connectivity index (χ4n) is 3.71. The summed E-state index contributed by atoms with van der Waals surface area (Å²) >= 11 is 0. The van der Waals surface area contributed by atoms with Crippen LogP contribution < -0.4 is 5.32 Å². The Balaban J connectivity index is 1.56. The molecular formula is C23H23FN4O2. The number of nitrogens with zero attached hydrogens (tertiary/aromatic N) is 3. The third kappa shape index (κ3) is 3.96.